The molecule has 6 heteroatoms. The van der Waals surface area contributed by atoms with Crippen molar-refractivity contribution in [2.24, 2.45) is 0 Å². The van der Waals surface area contributed by atoms with Crippen molar-refractivity contribution in [1.82, 2.24) is 0 Å². The quantitative estimate of drug-likeness (QED) is 0.923. The van der Waals surface area contributed by atoms with Crippen LogP contribution in [0.1, 0.15) is 21.5 Å². The molecule has 0 saturated carbocycles. The lowest BCUT2D eigenvalue weighted by atomic mass is 10.1. The molecule has 116 valence electrons. The third kappa shape index (κ3) is 4.08. The first-order valence-corrected chi connectivity index (χ1v) is 6.46. The van der Waals surface area contributed by atoms with Crippen LogP contribution in [0.2, 0.25) is 0 Å². The van der Waals surface area contributed by atoms with Gasteiger partial charge in [-0.3, -0.25) is 4.79 Å². The fraction of sp³-hybridized carbons (Fsp3) is 0.188. The molecule has 0 spiro atoms. The summed E-state index contributed by atoms with van der Waals surface area (Å²) in [6.07, 6.45) is -4.48. The number of hydrogen-bond donors (Lipinski definition) is 1. The molecule has 2 aromatic rings. The fourth-order valence-electron chi connectivity index (χ4n) is 1.95. The van der Waals surface area contributed by atoms with Gasteiger partial charge in [0.1, 0.15) is 0 Å². The average Bonchev–Trinajstić information content (AvgIpc) is 2.47. The van der Waals surface area contributed by atoms with Gasteiger partial charge in [0.05, 0.1) is 12.2 Å². The Morgan fingerprint density at radius 3 is 2.55 bits per heavy atom. The Labute approximate surface area is 125 Å². The van der Waals surface area contributed by atoms with Crippen molar-refractivity contribution in [3.63, 3.8) is 0 Å². The number of rotatable bonds is 4. The molecule has 0 aliphatic rings. The van der Waals surface area contributed by atoms with Crippen LogP contribution < -0.4 is 5.32 Å². The van der Waals surface area contributed by atoms with Crippen LogP contribution >= 0.6 is 0 Å². The molecule has 0 aliphatic heterocycles. The Kier molecular flexibility index (Phi) is 4.82. The van der Waals surface area contributed by atoms with Crippen molar-refractivity contribution in [3.8, 4) is 0 Å². The number of amides is 1. The normalized spacial score (nSPS) is 11.3. The molecule has 1 N–H and O–H groups in total. The third-order valence-electron chi connectivity index (χ3n) is 2.95. The van der Waals surface area contributed by atoms with E-state index in [0.717, 1.165) is 17.7 Å². The van der Waals surface area contributed by atoms with E-state index in [1.165, 1.54) is 12.1 Å². The Morgan fingerprint density at radius 1 is 1.14 bits per heavy atom. The molecular formula is C16H14F3NO2. The lowest BCUT2D eigenvalue weighted by Gasteiger charge is -2.10. The summed E-state index contributed by atoms with van der Waals surface area (Å²) in [4.78, 5) is 12.1. The van der Waals surface area contributed by atoms with Gasteiger partial charge < -0.3 is 10.1 Å². The first-order valence-electron chi connectivity index (χ1n) is 6.46. The lowest BCUT2D eigenvalue weighted by Crippen LogP contribution is -2.14. The molecule has 3 nitrogen and oxygen atoms in total. The number of anilines is 1. The van der Waals surface area contributed by atoms with Crippen molar-refractivity contribution >= 4 is 11.6 Å². The topological polar surface area (TPSA) is 38.3 Å². The molecule has 1 amide bonds. The summed E-state index contributed by atoms with van der Waals surface area (Å²) in [6.45, 7) is 0.382. The Morgan fingerprint density at radius 2 is 1.86 bits per heavy atom. The molecule has 0 atom stereocenters. The van der Waals surface area contributed by atoms with E-state index < -0.39 is 17.6 Å². The largest absolute Gasteiger partial charge is 0.416 e. The van der Waals surface area contributed by atoms with Crippen molar-refractivity contribution < 1.29 is 22.7 Å². The molecule has 0 aromatic heterocycles. The number of alkyl halides is 3. The van der Waals surface area contributed by atoms with Gasteiger partial charge in [0.25, 0.3) is 5.91 Å². The van der Waals surface area contributed by atoms with E-state index in [0.29, 0.717) is 12.3 Å². The van der Waals surface area contributed by atoms with Crippen LogP contribution in [0.15, 0.2) is 48.5 Å². The van der Waals surface area contributed by atoms with Crippen molar-refractivity contribution in [1.29, 1.82) is 0 Å². The molecule has 0 unspecified atom stereocenters. The van der Waals surface area contributed by atoms with E-state index in [1.54, 1.807) is 25.3 Å². The van der Waals surface area contributed by atoms with E-state index in [2.05, 4.69) is 5.32 Å². The number of carbonyl (C=O) groups is 1. The maximum absolute atomic E-state index is 12.7. The summed E-state index contributed by atoms with van der Waals surface area (Å²) >= 11 is 0. The SMILES string of the molecule is COCc1cccc(NC(=O)c2cccc(C(F)(F)F)c2)c1. The molecule has 2 rings (SSSR count). The highest BCUT2D eigenvalue weighted by molar-refractivity contribution is 6.04. The molecule has 0 radical (unpaired) electrons. The highest BCUT2D eigenvalue weighted by atomic mass is 19.4. The van der Waals surface area contributed by atoms with Crippen molar-refractivity contribution in [2.45, 2.75) is 12.8 Å². The summed E-state index contributed by atoms with van der Waals surface area (Å²) in [7, 11) is 1.55. The second-order valence-electron chi connectivity index (χ2n) is 4.67. The standard InChI is InChI=1S/C16H14F3NO2/c1-22-10-11-4-2-7-14(8-11)20-15(21)12-5-3-6-13(9-12)16(17,18)19/h2-9H,10H2,1H3,(H,20,21). The van der Waals surface area contributed by atoms with Crippen LogP contribution in [0.3, 0.4) is 0 Å². The van der Waals surface area contributed by atoms with Crippen LogP contribution in [-0.4, -0.2) is 13.0 Å². The monoisotopic (exact) mass is 309 g/mol. The minimum atomic E-state index is -4.48. The average molecular weight is 309 g/mol. The third-order valence-corrected chi connectivity index (χ3v) is 2.95. The predicted octanol–water partition coefficient (Wildman–Crippen LogP) is 4.10. The second kappa shape index (κ2) is 6.62. The number of methoxy groups -OCH3 is 1. The minimum absolute atomic E-state index is 0.0491. The van der Waals surface area contributed by atoms with Crippen LogP contribution in [0, 0.1) is 0 Å². The predicted molar refractivity (Wildman–Crippen MR) is 76.6 cm³/mol. The van der Waals surface area contributed by atoms with Gasteiger partial charge in [-0.05, 0) is 35.9 Å². The van der Waals surface area contributed by atoms with Crippen LogP contribution in [0.4, 0.5) is 18.9 Å². The molecule has 0 heterocycles. The smallest absolute Gasteiger partial charge is 0.380 e. The van der Waals surface area contributed by atoms with E-state index in [4.69, 9.17) is 4.74 Å². The number of hydrogen-bond acceptors (Lipinski definition) is 2. The molecular weight excluding hydrogens is 295 g/mol. The highest BCUT2D eigenvalue weighted by Crippen LogP contribution is 2.29. The number of benzene rings is 2. The zero-order valence-electron chi connectivity index (χ0n) is 11.8. The van der Waals surface area contributed by atoms with E-state index >= 15 is 0 Å². The maximum Gasteiger partial charge on any atom is 0.416 e. The van der Waals surface area contributed by atoms with E-state index in [1.807, 2.05) is 6.07 Å². The van der Waals surface area contributed by atoms with Gasteiger partial charge in [0.2, 0.25) is 0 Å². The number of ether oxygens (including phenoxy) is 1. The Bertz CT molecular complexity index is 668. The van der Waals surface area contributed by atoms with Gasteiger partial charge >= 0.3 is 6.18 Å². The molecule has 0 aliphatic carbocycles. The van der Waals surface area contributed by atoms with Crippen LogP contribution in [0.25, 0.3) is 0 Å². The number of carbonyl (C=O) groups excluding carboxylic acids is 1. The minimum Gasteiger partial charge on any atom is -0.380 e. The van der Waals surface area contributed by atoms with E-state index in [-0.39, 0.29) is 5.56 Å². The van der Waals surface area contributed by atoms with Crippen molar-refractivity contribution in [3.05, 3.63) is 65.2 Å². The van der Waals surface area contributed by atoms with Gasteiger partial charge in [-0.2, -0.15) is 13.2 Å². The summed E-state index contributed by atoms with van der Waals surface area (Å²) in [5, 5.41) is 2.57. The first kappa shape index (κ1) is 16.0. The zero-order chi connectivity index (χ0) is 16.2. The Hall–Kier alpha value is -2.34. The Balaban J connectivity index is 2.17. The van der Waals surface area contributed by atoms with Gasteiger partial charge in [-0.15, -0.1) is 0 Å². The van der Waals surface area contributed by atoms with Crippen molar-refractivity contribution in [2.75, 3.05) is 12.4 Å². The van der Waals surface area contributed by atoms with Gasteiger partial charge in [-0.25, -0.2) is 0 Å². The molecule has 2 aromatic carbocycles. The first-order chi connectivity index (χ1) is 10.4. The summed E-state index contributed by atoms with van der Waals surface area (Å²) in [5.74, 6) is -0.597. The lowest BCUT2D eigenvalue weighted by molar-refractivity contribution is -0.137. The second-order valence-corrected chi connectivity index (χ2v) is 4.67. The highest BCUT2D eigenvalue weighted by Gasteiger charge is 2.30. The summed E-state index contributed by atoms with van der Waals surface area (Å²) in [5.41, 5.74) is 0.446. The molecule has 22 heavy (non-hydrogen) atoms. The molecule has 0 saturated heterocycles. The summed E-state index contributed by atoms with van der Waals surface area (Å²) < 4.78 is 42.9. The van der Waals surface area contributed by atoms with Crippen LogP contribution in [-0.2, 0) is 17.5 Å². The molecule has 0 fully saturated rings. The van der Waals surface area contributed by atoms with E-state index in [9.17, 15) is 18.0 Å². The van der Waals surface area contributed by atoms with Gasteiger partial charge in [-0.1, -0.05) is 18.2 Å². The number of halogens is 3. The fourth-order valence-corrected chi connectivity index (χ4v) is 1.95. The zero-order valence-corrected chi connectivity index (χ0v) is 11.8. The van der Waals surface area contributed by atoms with Gasteiger partial charge in [0, 0.05) is 18.4 Å². The van der Waals surface area contributed by atoms with Crippen LogP contribution in [0.5, 0.6) is 0 Å². The summed E-state index contributed by atoms with van der Waals surface area (Å²) in [6, 6.07) is 11.2. The molecule has 0 bridgehead atoms. The number of nitrogens with one attached hydrogen (secondary N) is 1. The van der Waals surface area contributed by atoms with Gasteiger partial charge in [0.15, 0.2) is 0 Å². The maximum atomic E-state index is 12.7.